The minimum absolute atomic E-state index is 0.0475. The van der Waals surface area contributed by atoms with E-state index in [2.05, 4.69) is 22.2 Å². The van der Waals surface area contributed by atoms with Gasteiger partial charge in [-0.1, -0.05) is 30.2 Å². The van der Waals surface area contributed by atoms with E-state index in [9.17, 15) is 0 Å². The van der Waals surface area contributed by atoms with Crippen LogP contribution in [-0.4, -0.2) is 24.5 Å². The van der Waals surface area contributed by atoms with Crippen LogP contribution in [0.4, 0.5) is 0 Å². The SMILES string of the molecule is CCCC(N)c1cn(Cc2ncc(Cl)n2C)nn1. The number of nitrogens with zero attached hydrogens (tertiary/aromatic N) is 5. The van der Waals surface area contributed by atoms with Crippen LogP contribution < -0.4 is 5.73 Å². The fraction of sp³-hybridized carbons (Fsp3) is 0.545. The molecule has 1 atom stereocenters. The molecule has 6 nitrogen and oxygen atoms in total. The summed E-state index contributed by atoms with van der Waals surface area (Å²) in [6.07, 6.45) is 5.43. The van der Waals surface area contributed by atoms with Crippen LogP contribution in [0.25, 0.3) is 0 Å². The summed E-state index contributed by atoms with van der Waals surface area (Å²) in [6.45, 7) is 2.63. The molecule has 2 N–H and O–H groups in total. The summed E-state index contributed by atoms with van der Waals surface area (Å²) in [7, 11) is 1.87. The van der Waals surface area contributed by atoms with Gasteiger partial charge in [0.05, 0.1) is 24.1 Å². The van der Waals surface area contributed by atoms with Crippen molar-refractivity contribution in [2.24, 2.45) is 12.8 Å². The van der Waals surface area contributed by atoms with Gasteiger partial charge < -0.3 is 10.3 Å². The first-order valence-corrected chi connectivity index (χ1v) is 6.31. The topological polar surface area (TPSA) is 74.6 Å². The zero-order valence-electron chi connectivity index (χ0n) is 10.5. The molecule has 2 heterocycles. The van der Waals surface area contributed by atoms with Crippen LogP contribution in [0.1, 0.15) is 37.3 Å². The third-order valence-corrected chi connectivity index (χ3v) is 3.22. The molecule has 0 aliphatic heterocycles. The van der Waals surface area contributed by atoms with Crippen LogP contribution in [0.15, 0.2) is 12.4 Å². The molecule has 0 radical (unpaired) electrons. The van der Waals surface area contributed by atoms with E-state index in [4.69, 9.17) is 17.3 Å². The Kier molecular flexibility index (Phi) is 3.98. The van der Waals surface area contributed by atoms with Crippen molar-refractivity contribution < 1.29 is 0 Å². The molecule has 0 saturated heterocycles. The van der Waals surface area contributed by atoms with E-state index in [1.165, 1.54) is 0 Å². The molecule has 0 aliphatic carbocycles. The van der Waals surface area contributed by atoms with E-state index in [0.717, 1.165) is 24.4 Å². The van der Waals surface area contributed by atoms with Gasteiger partial charge in [0.1, 0.15) is 17.5 Å². The number of hydrogen-bond donors (Lipinski definition) is 1. The van der Waals surface area contributed by atoms with Crippen LogP contribution >= 0.6 is 11.6 Å². The van der Waals surface area contributed by atoms with Gasteiger partial charge in [-0.15, -0.1) is 5.10 Å². The Labute approximate surface area is 111 Å². The van der Waals surface area contributed by atoms with Crippen LogP contribution in [0.5, 0.6) is 0 Å². The lowest BCUT2D eigenvalue weighted by atomic mass is 10.1. The summed E-state index contributed by atoms with van der Waals surface area (Å²) in [5.41, 5.74) is 6.81. The summed E-state index contributed by atoms with van der Waals surface area (Å²) in [4.78, 5) is 4.21. The highest BCUT2D eigenvalue weighted by molar-refractivity contribution is 6.29. The average Bonchev–Trinajstić information content (AvgIpc) is 2.92. The standard InChI is InChI=1S/C11H17ClN6/c1-3-4-8(13)9-6-18(16-15-9)7-11-14-5-10(12)17(11)2/h5-6,8H,3-4,7,13H2,1-2H3. The number of hydrogen-bond acceptors (Lipinski definition) is 4. The fourth-order valence-electron chi connectivity index (χ4n) is 1.74. The molecule has 1 unspecified atom stereocenters. The van der Waals surface area contributed by atoms with Gasteiger partial charge in [-0.05, 0) is 6.42 Å². The van der Waals surface area contributed by atoms with Gasteiger partial charge in [-0.25, -0.2) is 9.67 Å². The number of aromatic nitrogens is 5. The summed E-state index contributed by atoms with van der Waals surface area (Å²) in [5, 5.41) is 8.75. The minimum atomic E-state index is -0.0475. The zero-order chi connectivity index (χ0) is 13.1. The molecule has 7 heteroatoms. The molecule has 18 heavy (non-hydrogen) atoms. The number of imidazole rings is 1. The second kappa shape index (κ2) is 5.49. The smallest absolute Gasteiger partial charge is 0.131 e. The summed E-state index contributed by atoms with van der Waals surface area (Å²) < 4.78 is 3.54. The molecule has 0 fully saturated rings. The third-order valence-electron chi connectivity index (χ3n) is 2.87. The van der Waals surface area contributed by atoms with Crippen LogP contribution in [-0.2, 0) is 13.6 Å². The Bertz CT molecular complexity index is 517. The largest absolute Gasteiger partial charge is 0.323 e. The Hall–Kier alpha value is -1.40. The first-order chi connectivity index (χ1) is 8.61. The molecule has 2 aromatic rings. The molecule has 2 aromatic heterocycles. The molecule has 0 amide bonds. The van der Waals surface area contributed by atoms with Gasteiger partial charge in [0.2, 0.25) is 0 Å². The normalized spacial score (nSPS) is 12.9. The summed E-state index contributed by atoms with van der Waals surface area (Å²) >= 11 is 5.93. The predicted octanol–water partition coefficient (Wildman–Crippen LogP) is 1.51. The van der Waals surface area contributed by atoms with E-state index in [1.54, 1.807) is 10.9 Å². The molecule has 0 aliphatic rings. The maximum Gasteiger partial charge on any atom is 0.131 e. The van der Waals surface area contributed by atoms with Gasteiger partial charge in [0.15, 0.2) is 0 Å². The first kappa shape index (κ1) is 13.0. The Morgan fingerprint density at radius 3 is 2.89 bits per heavy atom. The highest BCUT2D eigenvalue weighted by Crippen LogP contribution is 2.13. The molecule has 98 valence electrons. The Morgan fingerprint density at radius 1 is 1.50 bits per heavy atom. The maximum absolute atomic E-state index is 5.99. The molecule has 0 saturated carbocycles. The first-order valence-electron chi connectivity index (χ1n) is 5.93. The molecular weight excluding hydrogens is 252 g/mol. The Morgan fingerprint density at radius 2 is 2.28 bits per heavy atom. The number of halogens is 1. The molecule has 0 bridgehead atoms. The highest BCUT2D eigenvalue weighted by atomic mass is 35.5. The average molecular weight is 269 g/mol. The monoisotopic (exact) mass is 268 g/mol. The lowest BCUT2D eigenvalue weighted by Gasteiger charge is -2.04. The second-order valence-corrected chi connectivity index (χ2v) is 4.68. The molecule has 0 spiro atoms. The number of nitrogens with two attached hydrogens (primary N) is 1. The van der Waals surface area contributed by atoms with Crippen molar-refractivity contribution in [1.82, 2.24) is 24.5 Å². The lowest BCUT2D eigenvalue weighted by Crippen LogP contribution is -2.10. The van der Waals surface area contributed by atoms with Crippen LogP contribution in [0, 0.1) is 0 Å². The van der Waals surface area contributed by atoms with E-state index < -0.39 is 0 Å². The summed E-state index contributed by atoms with van der Waals surface area (Å²) in [6, 6.07) is -0.0475. The van der Waals surface area contributed by atoms with Crippen LogP contribution in [0.3, 0.4) is 0 Å². The van der Waals surface area contributed by atoms with Crippen molar-refractivity contribution in [1.29, 1.82) is 0 Å². The van der Waals surface area contributed by atoms with Gasteiger partial charge >= 0.3 is 0 Å². The van der Waals surface area contributed by atoms with Crippen molar-refractivity contribution in [3.05, 3.63) is 29.1 Å². The lowest BCUT2D eigenvalue weighted by molar-refractivity contribution is 0.604. The third kappa shape index (κ3) is 2.70. The predicted molar refractivity (Wildman–Crippen MR) is 69.2 cm³/mol. The second-order valence-electron chi connectivity index (χ2n) is 4.29. The quantitative estimate of drug-likeness (QED) is 0.892. The van der Waals surface area contributed by atoms with Crippen molar-refractivity contribution in [2.45, 2.75) is 32.4 Å². The minimum Gasteiger partial charge on any atom is -0.323 e. The van der Waals surface area contributed by atoms with Crippen molar-refractivity contribution >= 4 is 11.6 Å². The van der Waals surface area contributed by atoms with E-state index in [1.807, 2.05) is 17.8 Å². The van der Waals surface area contributed by atoms with E-state index >= 15 is 0 Å². The van der Waals surface area contributed by atoms with Crippen molar-refractivity contribution in [2.75, 3.05) is 0 Å². The zero-order valence-corrected chi connectivity index (χ0v) is 11.3. The fourth-order valence-corrected chi connectivity index (χ4v) is 1.88. The molecule has 2 rings (SSSR count). The molecule has 0 aromatic carbocycles. The van der Waals surface area contributed by atoms with Gasteiger partial charge in [-0.2, -0.15) is 0 Å². The highest BCUT2D eigenvalue weighted by Gasteiger charge is 2.11. The van der Waals surface area contributed by atoms with Crippen molar-refractivity contribution in [3.63, 3.8) is 0 Å². The van der Waals surface area contributed by atoms with Crippen LogP contribution in [0.2, 0.25) is 5.15 Å². The van der Waals surface area contributed by atoms with Gasteiger partial charge in [-0.3, -0.25) is 0 Å². The maximum atomic E-state index is 5.99. The van der Waals surface area contributed by atoms with E-state index in [0.29, 0.717) is 11.7 Å². The summed E-state index contributed by atoms with van der Waals surface area (Å²) in [5.74, 6) is 0.834. The molecular formula is C11H17ClN6. The Balaban J connectivity index is 2.09. The van der Waals surface area contributed by atoms with Crippen molar-refractivity contribution in [3.8, 4) is 0 Å². The van der Waals surface area contributed by atoms with Gasteiger partial charge in [0.25, 0.3) is 0 Å². The van der Waals surface area contributed by atoms with E-state index in [-0.39, 0.29) is 6.04 Å². The number of rotatable bonds is 5. The van der Waals surface area contributed by atoms with Gasteiger partial charge in [0, 0.05) is 7.05 Å².